The molecule has 2 aliphatic heterocycles. The van der Waals surface area contributed by atoms with Crippen molar-refractivity contribution in [2.45, 2.75) is 12.1 Å². The van der Waals surface area contributed by atoms with Crippen LogP contribution >= 0.6 is 0 Å². The van der Waals surface area contributed by atoms with Gasteiger partial charge in [-0.25, -0.2) is 13.7 Å². The van der Waals surface area contributed by atoms with E-state index in [0.29, 0.717) is 5.69 Å². The first kappa shape index (κ1) is 17.7. The first-order valence-corrected chi connectivity index (χ1v) is 8.31. The van der Waals surface area contributed by atoms with Gasteiger partial charge in [-0.3, -0.25) is 19.4 Å². The zero-order valence-electron chi connectivity index (χ0n) is 14.3. The molecule has 2 aliphatic rings. The number of imide groups is 1. The molecule has 0 radical (unpaired) electrons. The van der Waals surface area contributed by atoms with Crippen molar-refractivity contribution in [2.24, 2.45) is 10.3 Å². The Balaban J connectivity index is 1.51. The summed E-state index contributed by atoms with van der Waals surface area (Å²) in [6.07, 6.45) is 0. The Bertz CT molecular complexity index is 998. The fourth-order valence-corrected chi connectivity index (χ4v) is 3.10. The minimum atomic E-state index is -1.18. The van der Waals surface area contributed by atoms with E-state index in [2.05, 4.69) is 15.7 Å². The van der Waals surface area contributed by atoms with Crippen molar-refractivity contribution in [1.29, 1.82) is 0 Å². The molecule has 0 aliphatic carbocycles. The summed E-state index contributed by atoms with van der Waals surface area (Å²) < 4.78 is 26.6. The van der Waals surface area contributed by atoms with Crippen LogP contribution in [0.4, 0.5) is 20.2 Å². The van der Waals surface area contributed by atoms with E-state index in [1.165, 1.54) is 0 Å². The Kier molecular flexibility index (Phi) is 4.30. The number of benzene rings is 2. The fourth-order valence-electron chi connectivity index (χ4n) is 3.10. The van der Waals surface area contributed by atoms with Crippen LogP contribution < -0.4 is 10.2 Å². The fraction of sp³-hybridized carbons (Fsp3) is 0.167. The van der Waals surface area contributed by atoms with Crippen molar-refractivity contribution >= 4 is 29.1 Å². The Morgan fingerprint density at radius 2 is 1.79 bits per heavy atom. The van der Waals surface area contributed by atoms with Crippen LogP contribution in [-0.4, -0.2) is 41.4 Å². The molecule has 2 heterocycles. The largest absolute Gasteiger partial charge is 0.324 e. The van der Waals surface area contributed by atoms with Crippen LogP contribution in [0.5, 0.6) is 0 Å². The Labute approximate surface area is 157 Å². The average Bonchev–Trinajstić information content (AvgIpc) is 3.18. The van der Waals surface area contributed by atoms with Crippen LogP contribution in [-0.2, 0) is 14.4 Å². The molecule has 8 nitrogen and oxygen atoms in total. The van der Waals surface area contributed by atoms with E-state index < -0.39 is 41.4 Å². The number of para-hydroxylation sites is 1. The number of nitrogens with one attached hydrogen (secondary N) is 1. The number of carbonyl (C=O) groups excluding carboxylic acids is 3. The molecule has 0 unspecified atom stereocenters. The number of hydrogen-bond donors (Lipinski definition) is 1. The van der Waals surface area contributed by atoms with Gasteiger partial charge in [0.2, 0.25) is 5.91 Å². The highest BCUT2D eigenvalue weighted by Crippen LogP contribution is 2.32. The number of carbonyl (C=O) groups is 3. The number of nitrogens with zero attached hydrogens (tertiary/aromatic N) is 4. The molecule has 28 heavy (non-hydrogen) atoms. The van der Waals surface area contributed by atoms with E-state index in [1.807, 2.05) is 0 Å². The van der Waals surface area contributed by atoms with Crippen LogP contribution in [0.2, 0.25) is 0 Å². The highest BCUT2D eigenvalue weighted by Gasteiger charge is 2.55. The lowest BCUT2D eigenvalue weighted by atomic mass is 10.1. The molecule has 1 N–H and O–H groups in total. The molecular formula is C18H13F2N5O3. The normalized spacial score (nSPS) is 20.6. The number of amides is 3. The topological polar surface area (TPSA) is 94.4 Å². The van der Waals surface area contributed by atoms with Crippen LogP contribution in [0, 0.1) is 11.6 Å². The molecule has 2 atom stereocenters. The zero-order chi connectivity index (χ0) is 19.8. The lowest BCUT2D eigenvalue weighted by molar-refractivity contribution is -0.123. The van der Waals surface area contributed by atoms with Crippen LogP contribution in [0.1, 0.15) is 0 Å². The summed E-state index contributed by atoms with van der Waals surface area (Å²) in [6.45, 7) is -0.301. The smallest absolute Gasteiger partial charge is 0.263 e. The summed E-state index contributed by atoms with van der Waals surface area (Å²) in [7, 11) is 0. The summed E-state index contributed by atoms with van der Waals surface area (Å²) in [5.41, 5.74) is 0.463. The Morgan fingerprint density at radius 3 is 2.50 bits per heavy atom. The highest BCUT2D eigenvalue weighted by molar-refractivity contribution is 6.25. The van der Waals surface area contributed by atoms with E-state index >= 15 is 0 Å². The van der Waals surface area contributed by atoms with E-state index in [1.54, 1.807) is 30.3 Å². The van der Waals surface area contributed by atoms with Crippen LogP contribution in [0.3, 0.4) is 0 Å². The van der Waals surface area contributed by atoms with Crippen molar-refractivity contribution in [3.63, 3.8) is 0 Å². The third-order valence-electron chi connectivity index (χ3n) is 4.38. The van der Waals surface area contributed by atoms with Gasteiger partial charge in [0.15, 0.2) is 23.7 Å². The molecular weight excluding hydrogens is 372 g/mol. The molecule has 4 rings (SSSR count). The first-order chi connectivity index (χ1) is 13.5. The molecule has 0 aromatic heterocycles. The Hall–Kier alpha value is -3.69. The van der Waals surface area contributed by atoms with Crippen LogP contribution in [0.15, 0.2) is 58.9 Å². The molecule has 0 saturated carbocycles. The van der Waals surface area contributed by atoms with Gasteiger partial charge in [-0.15, -0.1) is 0 Å². The maximum atomic E-state index is 13.5. The second kappa shape index (κ2) is 6.80. The molecule has 1 fully saturated rings. The van der Waals surface area contributed by atoms with Gasteiger partial charge >= 0.3 is 0 Å². The number of anilines is 2. The van der Waals surface area contributed by atoms with Crippen molar-refractivity contribution in [3.8, 4) is 0 Å². The van der Waals surface area contributed by atoms with Crippen molar-refractivity contribution in [2.75, 3.05) is 16.8 Å². The molecule has 142 valence electrons. The molecule has 2 aromatic carbocycles. The quantitative estimate of drug-likeness (QED) is 0.814. The molecule has 2 aromatic rings. The zero-order valence-corrected chi connectivity index (χ0v) is 14.3. The van der Waals surface area contributed by atoms with E-state index in [0.717, 1.165) is 28.1 Å². The molecule has 0 bridgehead atoms. The van der Waals surface area contributed by atoms with Gasteiger partial charge in [0.1, 0.15) is 6.54 Å². The van der Waals surface area contributed by atoms with Crippen molar-refractivity contribution < 1.29 is 23.2 Å². The van der Waals surface area contributed by atoms with Gasteiger partial charge in [-0.05, 0) is 24.3 Å². The summed E-state index contributed by atoms with van der Waals surface area (Å²) >= 11 is 0. The number of hydrogen-bond acceptors (Lipinski definition) is 6. The average molecular weight is 385 g/mol. The predicted molar refractivity (Wildman–Crippen MR) is 93.1 cm³/mol. The second-order valence-electron chi connectivity index (χ2n) is 6.22. The van der Waals surface area contributed by atoms with Gasteiger partial charge in [-0.2, -0.15) is 5.11 Å². The third-order valence-corrected chi connectivity index (χ3v) is 4.38. The maximum absolute atomic E-state index is 13.5. The van der Waals surface area contributed by atoms with Gasteiger partial charge < -0.3 is 5.32 Å². The van der Waals surface area contributed by atoms with Crippen molar-refractivity contribution in [3.05, 3.63) is 60.2 Å². The highest BCUT2D eigenvalue weighted by atomic mass is 19.2. The summed E-state index contributed by atoms with van der Waals surface area (Å²) in [6, 6.07) is 9.15. The minimum absolute atomic E-state index is 0.104. The van der Waals surface area contributed by atoms with Gasteiger partial charge in [0.05, 0.1) is 5.69 Å². The van der Waals surface area contributed by atoms with Crippen LogP contribution in [0.25, 0.3) is 0 Å². The number of fused-ring (bicyclic) bond motifs is 1. The molecule has 3 amide bonds. The van der Waals surface area contributed by atoms with Gasteiger partial charge in [-0.1, -0.05) is 23.4 Å². The molecule has 0 spiro atoms. The Morgan fingerprint density at radius 1 is 1.04 bits per heavy atom. The van der Waals surface area contributed by atoms with Gasteiger partial charge in [0, 0.05) is 11.8 Å². The van der Waals surface area contributed by atoms with E-state index in [-0.39, 0.29) is 12.2 Å². The SMILES string of the molecule is O=C(CN1N=N[C@@H]2C(=O)N(c3ccc(F)c(F)c3)C(=O)[C@@H]21)Nc1ccccc1. The van der Waals surface area contributed by atoms with Crippen molar-refractivity contribution in [1.82, 2.24) is 5.01 Å². The first-order valence-electron chi connectivity index (χ1n) is 8.31. The number of halogens is 2. The van der Waals surface area contributed by atoms with E-state index in [9.17, 15) is 23.2 Å². The lowest BCUT2D eigenvalue weighted by Crippen LogP contribution is -2.43. The standard InChI is InChI=1S/C18H13F2N5O3/c19-12-7-6-11(8-13(12)20)25-17(27)15-16(18(25)28)24(23-22-15)9-14(26)21-10-4-2-1-3-5-10/h1-8,15-16H,9H2,(H,21,26)/t15-,16+/m0/s1. The summed E-state index contributed by atoms with van der Waals surface area (Å²) in [5, 5.41) is 11.3. The predicted octanol–water partition coefficient (Wildman–Crippen LogP) is 1.90. The lowest BCUT2D eigenvalue weighted by Gasteiger charge is -2.20. The molecule has 10 heteroatoms. The number of rotatable bonds is 4. The third kappa shape index (κ3) is 2.98. The second-order valence-corrected chi connectivity index (χ2v) is 6.22. The maximum Gasteiger partial charge on any atom is 0.263 e. The van der Waals surface area contributed by atoms with E-state index in [4.69, 9.17) is 0 Å². The minimum Gasteiger partial charge on any atom is -0.324 e. The monoisotopic (exact) mass is 385 g/mol. The van der Waals surface area contributed by atoms with Gasteiger partial charge in [0.25, 0.3) is 11.8 Å². The molecule has 1 saturated heterocycles. The summed E-state index contributed by atoms with van der Waals surface area (Å²) in [4.78, 5) is 38.2. The summed E-state index contributed by atoms with van der Waals surface area (Å²) in [5.74, 6) is -4.15.